The fourth-order valence-corrected chi connectivity index (χ4v) is 4.44. The highest BCUT2D eigenvalue weighted by molar-refractivity contribution is 9.10. The van der Waals surface area contributed by atoms with E-state index in [4.69, 9.17) is 0 Å². The number of hydrogen-bond acceptors (Lipinski definition) is 5. The van der Waals surface area contributed by atoms with Crippen LogP contribution < -0.4 is 10.6 Å². The summed E-state index contributed by atoms with van der Waals surface area (Å²) in [6, 6.07) is 3.56. The molecule has 8 heteroatoms. The first-order chi connectivity index (χ1) is 14.4. The lowest BCUT2D eigenvalue weighted by atomic mass is 9.75. The summed E-state index contributed by atoms with van der Waals surface area (Å²) in [5.41, 5.74) is 4.64. The number of allylic oxidation sites excluding steroid dienone is 3. The van der Waals surface area contributed by atoms with Gasteiger partial charge in [-0.05, 0) is 61.7 Å². The van der Waals surface area contributed by atoms with Crippen molar-refractivity contribution in [3.8, 4) is 0 Å². The topological polar surface area (TPSA) is 88.9 Å². The average molecular weight is 470 g/mol. The number of Topliss-reactive ketones (excluding diaryl/α,β-unsaturated/α-hetero) is 1. The number of rotatable bonds is 4. The number of aromatic nitrogens is 3. The van der Waals surface area contributed by atoms with Crippen molar-refractivity contribution in [2.45, 2.75) is 52.5 Å². The van der Waals surface area contributed by atoms with Crippen LogP contribution in [0.25, 0.3) is 0 Å². The summed E-state index contributed by atoms with van der Waals surface area (Å²) in [6.45, 7) is 6.55. The number of carbonyl (C=O) groups excluding carboxylic acids is 2. The minimum Gasteiger partial charge on any atom is -0.362 e. The molecule has 0 spiro atoms. The maximum Gasteiger partial charge on any atom is 0.255 e. The first-order valence-corrected chi connectivity index (χ1v) is 10.9. The molecule has 0 radical (unpaired) electrons. The van der Waals surface area contributed by atoms with Gasteiger partial charge < -0.3 is 10.6 Å². The highest BCUT2D eigenvalue weighted by atomic mass is 79.9. The molecule has 0 bridgehead atoms. The van der Waals surface area contributed by atoms with Gasteiger partial charge in [0.15, 0.2) is 5.78 Å². The lowest BCUT2D eigenvalue weighted by Gasteiger charge is -2.34. The van der Waals surface area contributed by atoms with Crippen molar-refractivity contribution in [1.82, 2.24) is 20.1 Å². The Morgan fingerprint density at radius 1 is 1.33 bits per heavy atom. The van der Waals surface area contributed by atoms with Crippen LogP contribution in [0.1, 0.15) is 50.3 Å². The molecule has 3 heterocycles. The van der Waals surface area contributed by atoms with Gasteiger partial charge in [-0.2, -0.15) is 5.10 Å². The van der Waals surface area contributed by atoms with Crippen LogP contribution in [0.3, 0.4) is 0 Å². The Bertz CT molecular complexity index is 1080. The molecule has 2 aliphatic rings. The Labute approximate surface area is 183 Å². The minimum atomic E-state index is -0.440. The Morgan fingerprint density at radius 2 is 2.13 bits per heavy atom. The van der Waals surface area contributed by atoms with Gasteiger partial charge >= 0.3 is 0 Å². The average Bonchev–Trinajstić information content (AvgIpc) is 3.09. The third-order valence-electron chi connectivity index (χ3n) is 5.61. The number of carbonyl (C=O) groups is 2. The normalized spacial score (nSPS) is 18.9. The molecule has 7 nitrogen and oxygen atoms in total. The zero-order valence-electron chi connectivity index (χ0n) is 17.3. The SMILES string of the molecule is CCn1cc([C@@H]2C(C(=O)Nc3ccc(Br)cn3)=C(C)NC3=C2C(=O)CCC3)c(C)n1. The van der Waals surface area contributed by atoms with Crippen LogP contribution in [0, 0.1) is 6.92 Å². The molecule has 0 unspecified atom stereocenters. The quantitative estimate of drug-likeness (QED) is 0.706. The molecule has 30 heavy (non-hydrogen) atoms. The van der Waals surface area contributed by atoms with Gasteiger partial charge in [0.2, 0.25) is 0 Å². The second-order valence-corrected chi connectivity index (χ2v) is 8.52. The fraction of sp³-hybridized carbons (Fsp3) is 0.364. The fourth-order valence-electron chi connectivity index (χ4n) is 4.21. The number of anilines is 1. The van der Waals surface area contributed by atoms with Crippen LogP contribution in [0.4, 0.5) is 5.82 Å². The van der Waals surface area contributed by atoms with Crippen LogP contribution in [-0.2, 0) is 16.1 Å². The molecule has 1 amide bonds. The van der Waals surface area contributed by atoms with E-state index in [9.17, 15) is 9.59 Å². The summed E-state index contributed by atoms with van der Waals surface area (Å²) in [5, 5.41) is 10.8. The summed E-state index contributed by atoms with van der Waals surface area (Å²) >= 11 is 3.35. The minimum absolute atomic E-state index is 0.0944. The first-order valence-electron chi connectivity index (χ1n) is 10.1. The highest BCUT2D eigenvalue weighted by Crippen LogP contribution is 2.43. The maximum atomic E-state index is 13.4. The summed E-state index contributed by atoms with van der Waals surface area (Å²) in [7, 11) is 0. The number of ketones is 1. The number of pyridine rings is 1. The van der Waals surface area contributed by atoms with Gasteiger partial charge in [0.05, 0.1) is 5.69 Å². The first kappa shape index (κ1) is 20.5. The number of nitrogens with one attached hydrogen (secondary N) is 2. The van der Waals surface area contributed by atoms with E-state index in [1.807, 2.05) is 37.7 Å². The third-order valence-corrected chi connectivity index (χ3v) is 6.08. The Kier molecular flexibility index (Phi) is 5.60. The largest absolute Gasteiger partial charge is 0.362 e. The molecule has 0 aromatic carbocycles. The lowest BCUT2D eigenvalue weighted by molar-refractivity contribution is -0.116. The van der Waals surface area contributed by atoms with Crippen molar-refractivity contribution >= 4 is 33.4 Å². The van der Waals surface area contributed by atoms with E-state index in [-0.39, 0.29) is 11.7 Å². The molecule has 156 valence electrons. The molecule has 2 N–H and O–H groups in total. The number of dihydropyridines is 1. The Morgan fingerprint density at radius 3 is 2.80 bits per heavy atom. The van der Waals surface area contributed by atoms with Crippen LogP contribution in [0.5, 0.6) is 0 Å². The predicted octanol–water partition coefficient (Wildman–Crippen LogP) is 3.98. The van der Waals surface area contributed by atoms with Crippen molar-refractivity contribution in [3.05, 3.63) is 62.8 Å². The number of hydrogen-bond donors (Lipinski definition) is 2. The van der Waals surface area contributed by atoms with Gasteiger partial charge in [-0.15, -0.1) is 0 Å². The van der Waals surface area contributed by atoms with Crippen molar-refractivity contribution in [2.75, 3.05) is 5.32 Å². The van der Waals surface area contributed by atoms with Gasteiger partial charge in [0.1, 0.15) is 5.82 Å². The number of nitrogens with zero attached hydrogens (tertiary/aromatic N) is 3. The van der Waals surface area contributed by atoms with Crippen LogP contribution >= 0.6 is 15.9 Å². The number of halogens is 1. The summed E-state index contributed by atoms with van der Waals surface area (Å²) < 4.78 is 2.68. The van der Waals surface area contributed by atoms with Gasteiger partial charge in [0, 0.05) is 63.9 Å². The molecule has 0 saturated carbocycles. The summed E-state index contributed by atoms with van der Waals surface area (Å²) in [5.74, 6) is -0.159. The molecule has 0 saturated heterocycles. The van der Waals surface area contributed by atoms with Crippen molar-refractivity contribution < 1.29 is 9.59 Å². The van der Waals surface area contributed by atoms with Gasteiger partial charge in [0.25, 0.3) is 5.91 Å². The van der Waals surface area contributed by atoms with E-state index in [1.54, 1.807) is 12.3 Å². The smallest absolute Gasteiger partial charge is 0.255 e. The zero-order chi connectivity index (χ0) is 21.4. The van der Waals surface area contributed by atoms with Crippen molar-refractivity contribution in [2.24, 2.45) is 0 Å². The molecule has 1 aliphatic heterocycles. The Hall–Kier alpha value is -2.74. The molecular weight excluding hydrogens is 446 g/mol. The number of aryl methyl sites for hydroxylation is 2. The lowest BCUT2D eigenvalue weighted by Crippen LogP contribution is -2.35. The summed E-state index contributed by atoms with van der Waals surface area (Å²) in [4.78, 5) is 30.6. The molecule has 1 atom stereocenters. The second kappa shape index (κ2) is 8.18. The predicted molar refractivity (Wildman–Crippen MR) is 118 cm³/mol. The number of amides is 1. The highest BCUT2D eigenvalue weighted by Gasteiger charge is 2.39. The third kappa shape index (κ3) is 3.71. The second-order valence-electron chi connectivity index (χ2n) is 7.61. The van der Waals surface area contributed by atoms with E-state index in [0.717, 1.165) is 46.5 Å². The molecule has 2 aromatic rings. The molecule has 0 fully saturated rings. The van der Waals surface area contributed by atoms with Gasteiger partial charge in [-0.1, -0.05) is 0 Å². The standard InChI is InChI=1S/C22H24BrN5O2/c1-4-28-11-15(12(2)27-28)20-19(22(30)26-18-9-8-14(23)10-24-18)13(3)25-16-6-5-7-17(29)21(16)20/h8-11,20,25H,4-7H2,1-3H3,(H,24,26,30)/t20-/m1/s1. The molecule has 2 aromatic heterocycles. The summed E-state index contributed by atoms with van der Waals surface area (Å²) in [6.07, 6.45) is 5.71. The molecule has 1 aliphatic carbocycles. The van der Waals surface area contributed by atoms with E-state index in [0.29, 0.717) is 23.4 Å². The van der Waals surface area contributed by atoms with Crippen LogP contribution in [0.15, 0.2) is 51.5 Å². The van der Waals surface area contributed by atoms with Crippen molar-refractivity contribution in [3.63, 3.8) is 0 Å². The van der Waals surface area contributed by atoms with E-state index in [2.05, 4.69) is 36.6 Å². The van der Waals surface area contributed by atoms with Crippen molar-refractivity contribution in [1.29, 1.82) is 0 Å². The van der Waals surface area contributed by atoms with Crippen LogP contribution in [-0.4, -0.2) is 26.5 Å². The maximum absolute atomic E-state index is 13.4. The molecular formula is C22H24BrN5O2. The van der Waals surface area contributed by atoms with E-state index < -0.39 is 5.92 Å². The van der Waals surface area contributed by atoms with E-state index >= 15 is 0 Å². The monoisotopic (exact) mass is 469 g/mol. The Balaban J connectivity index is 1.80. The van der Waals surface area contributed by atoms with Crippen LogP contribution in [0.2, 0.25) is 0 Å². The zero-order valence-corrected chi connectivity index (χ0v) is 18.8. The van der Waals surface area contributed by atoms with Gasteiger partial charge in [-0.25, -0.2) is 4.98 Å². The molecule has 4 rings (SSSR count). The van der Waals surface area contributed by atoms with E-state index in [1.165, 1.54) is 0 Å². The van der Waals surface area contributed by atoms with Gasteiger partial charge in [-0.3, -0.25) is 14.3 Å².